The van der Waals surface area contributed by atoms with Gasteiger partial charge in [-0.1, -0.05) is 30.3 Å². The summed E-state index contributed by atoms with van der Waals surface area (Å²) in [6.45, 7) is 0. The van der Waals surface area contributed by atoms with Gasteiger partial charge >= 0.3 is 0 Å². The van der Waals surface area contributed by atoms with Crippen molar-refractivity contribution in [2.24, 2.45) is 0 Å². The summed E-state index contributed by atoms with van der Waals surface area (Å²) in [6.07, 6.45) is 0.273. The molecule has 0 fully saturated rings. The Morgan fingerprint density at radius 2 is 1.65 bits per heavy atom. The fraction of sp³-hybridized carbons (Fsp3) is 0.133. The van der Waals surface area contributed by atoms with Crippen molar-refractivity contribution in [1.29, 1.82) is 5.26 Å². The molecule has 0 saturated carbocycles. The number of para-hydroxylation sites is 1. The number of benzene rings is 2. The maximum absolute atomic E-state index is 12.5. The maximum atomic E-state index is 12.5. The molecule has 102 valence electrons. The predicted octanol–water partition coefficient (Wildman–Crippen LogP) is 2.58. The molecule has 0 saturated heterocycles. The summed E-state index contributed by atoms with van der Waals surface area (Å²) in [5.74, 6) is 0. The average Bonchev–Trinajstić information content (AvgIpc) is 2.48. The van der Waals surface area contributed by atoms with Gasteiger partial charge in [-0.25, -0.2) is 8.42 Å². The van der Waals surface area contributed by atoms with E-state index in [0.717, 1.165) is 5.56 Å². The Balaban J connectivity index is 2.33. The minimum absolute atomic E-state index is 0.213. The number of hydrogen-bond donors (Lipinski definition) is 0. The SMILES string of the molecule is CN(c1ccccc1)S(=O)(=O)c1ccc(CC#N)cc1. The monoisotopic (exact) mass is 286 g/mol. The topological polar surface area (TPSA) is 61.2 Å². The maximum Gasteiger partial charge on any atom is 0.264 e. The molecule has 0 aliphatic heterocycles. The fourth-order valence-corrected chi connectivity index (χ4v) is 3.00. The second-order valence-corrected chi connectivity index (χ2v) is 6.26. The summed E-state index contributed by atoms with van der Waals surface area (Å²) in [6, 6.07) is 17.3. The number of rotatable bonds is 4. The number of hydrogen-bond acceptors (Lipinski definition) is 3. The third-order valence-corrected chi connectivity index (χ3v) is 4.78. The van der Waals surface area contributed by atoms with E-state index in [1.165, 1.54) is 23.5 Å². The zero-order valence-electron chi connectivity index (χ0n) is 11.0. The second kappa shape index (κ2) is 5.76. The highest BCUT2D eigenvalue weighted by atomic mass is 32.2. The van der Waals surface area contributed by atoms with E-state index in [-0.39, 0.29) is 11.3 Å². The first-order chi connectivity index (χ1) is 9.55. The molecule has 0 aliphatic carbocycles. The van der Waals surface area contributed by atoms with Crippen LogP contribution in [0.15, 0.2) is 59.5 Å². The lowest BCUT2D eigenvalue weighted by molar-refractivity contribution is 0.594. The summed E-state index contributed by atoms with van der Waals surface area (Å²) in [5.41, 5.74) is 1.41. The van der Waals surface area contributed by atoms with Crippen LogP contribution in [0.1, 0.15) is 5.56 Å². The molecule has 0 spiro atoms. The van der Waals surface area contributed by atoms with Gasteiger partial charge in [0.25, 0.3) is 10.0 Å². The number of sulfonamides is 1. The van der Waals surface area contributed by atoms with Gasteiger partial charge in [0.05, 0.1) is 23.1 Å². The predicted molar refractivity (Wildman–Crippen MR) is 77.8 cm³/mol. The van der Waals surface area contributed by atoms with Crippen LogP contribution in [0.25, 0.3) is 0 Å². The molecular weight excluding hydrogens is 272 g/mol. The standard InChI is InChI=1S/C15H14N2O2S/c1-17(14-5-3-2-4-6-14)20(18,19)15-9-7-13(8-10-15)11-12-16/h2-10H,11H2,1H3. The molecule has 0 amide bonds. The molecule has 5 heteroatoms. The molecule has 0 unspecified atom stereocenters. The normalized spacial score (nSPS) is 10.8. The summed E-state index contributed by atoms with van der Waals surface area (Å²) < 4.78 is 26.2. The Hall–Kier alpha value is -2.32. The van der Waals surface area contributed by atoms with Crippen LogP contribution in [0.3, 0.4) is 0 Å². The molecule has 2 aromatic rings. The first-order valence-corrected chi connectivity index (χ1v) is 7.49. The lowest BCUT2D eigenvalue weighted by Crippen LogP contribution is -2.26. The molecule has 0 atom stereocenters. The van der Waals surface area contributed by atoms with Crippen molar-refractivity contribution >= 4 is 15.7 Å². The molecule has 2 aromatic carbocycles. The Morgan fingerprint density at radius 3 is 2.20 bits per heavy atom. The number of nitriles is 1. The average molecular weight is 286 g/mol. The molecule has 20 heavy (non-hydrogen) atoms. The van der Waals surface area contributed by atoms with Gasteiger partial charge in [0.1, 0.15) is 0 Å². The summed E-state index contributed by atoms with van der Waals surface area (Å²) in [5, 5.41) is 8.61. The molecule has 2 rings (SSSR count). The van der Waals surface area contributed by atoms with E-state index in [4.69, 9.17) is 5.26 Å². The van der Waals surface area contributed by atoms with Gasteiger partial charge in [0, 0.05) is 7.05 Å². The van der Waals surface area contributed by atoms with E-state index in [9.17, 15) is 8.42 Å². The van der Waals surface area contributed by atoms with Crippen molar-refractivity contribution < 1.29 is 8.42 Å². The zero-order valence-corrected chi connectivity index (χ0v) is 11.8. The van der Waals surface area contributed by atoms with E-state index < -0.39 is 10.0 Å². The molecular formula is C15H14N2O2S. The smallest absolute Gasteiger partial charge is 0.264 e. The largest absolute Gasteiger partial charge is 0.269 e. The molecule has 0 aromatic heterocycles. The van der Waals surface area contributed by atoms with Crippen LogP contribution < -0.4 is 4.31 Å². The highest BCUT2D eigenvalue weighted by Gasteiger charge is 2.20. The molecule has 0 aliphatic rings. The highest BCUT2D eigenvalue weighted by Crippen LogP contribution is 2.21. The minimum atomic E-state index is -3.57. The first kappa shape index (κ1) is 14.1. The number of nitrogens with zero attached hydrogens (tertiary/aromatic N) is 2. The van der Waals surface area contributed by atoms with Crippen LogP contribution in [-0.4, -0.2) is 15.5 Å². The quantitative estimate of drug-likeness (QED) is 0.868. The van der Waals surface area contributed by atoms with Crippen LogP contribution in [0.4, 0.5) is 5.69 Å². The van der Waals surface area contributed by atoms with Crippen molar-refractivity contribution in [3.8, 4) is 6.07 Å². The van der Waals surface area contributed by atoms with Crippen molar-refractivity contribution in [2.75, 3.05) is 11.4 Å². The Bertz CT molecular complexity index is 717. The lowest BCUT2D eigenvalue weighted by Gasteiger charge is -2.19. The minimum Gasteiger partial charge on any atom is -0.269 e. The highest BCUT2D eigenvalue weighted by molar-refractivity contribution is 7.92. The first-order valence-electron chi connectivity index (χ1n) is 6.05. The van der Waals surface area contributed by atoms with E-state index in [0.29, 0.717) is 5.69 Å². The Kier molecular flexibility index (Phi) is 4.06. The van der Waals surface area contributed by atoms with E-state index in [1.807, 2.05) is 12.1 Å². The molecule has 0 heterocycles. The molecule has 0 radical (unpaired) electrons. The van der Waals surface area contributed by atoms with Gasteiger partial charge in [-0.05, 0) is 29.8 Å². The van der Waals surface area contributed by atoms with Gasteiger partial charge in [0.15, 0.2) is 0 Å². The van der Waals surface area contributed by atoms with Gasteiger partial charge in [-0.3, -0.25) is 4.31 Å². The zero-order chi connectivity index (χ0) is 14.6. The second-order valence-electron chi connectivity index (χ2n) is 4.29. The summed E-state index contributed by atoms with van der Waals surface area (Å²) >= 11 is 0. The fourth-order valence-electron chi connectivity index (χ4n) is 1.81. The van der Waals surface area contributed by atoms with Gasteiger partial charge < -0.3 is 0 Å². The van der Waals surface area contributed by atoms with Crippen LogP contribution in [0, 0.1) is 11.3 Å². The molecule has 4 nitrogen and oxygen atoms in total. The molecule has 0 N–H and O–H groups in total. The van der Waals surface area contributed by atoms with Gasteiger partial charge in [-0.2, -0.15) is 5.26 Å². The third kappa shape index (κ3) is 2.81. The summed E-state index contributed by atoms with van der Waals surface area (Å²) in [4.78, 5) is 0.213. The van der Waals surface area contributed by atoms with Crippen LogP contribution in [0.5, 0.6) is 0 Å². The van der Waals surface area contributed by atoms with Crippen molar-refractivity contribution in [2.45, 2.75) is 11.3 Å². The van der Waals surface area contributed by atoms with Crippen LogP contribution in [0.2, 0.25) is 0 Å². The third-order valence-electron chi connectivity index (χ3n) is 2.98. The summed E-state index contributed by atoms with van der Waals surface area (Å²) in [7, 11) is -2.05. The van der Waals surface area contributed by atoms with E-state index in [1.54, 1.807) is 36.4 Å². The van der Waals surface area contributed by atoms with Crippen molar-refractivity contribution in [3.05, 3.63) is 60.2 Å². The van der Waals surface area contributed by atoms with Crippen LogP contribution in [-0.2, 0) is 16.4 Å². The lowest BCUT2D eigenvalue weighted by atomic mass is 10.2. The van der Waals surface area contributed by atoms with Crippen molar-refractivity contribution in [1.82, 2.24) is 0 Å². The Morgan fingerprint density at radius 1 is 1.05 bits per heavy atom. The van der Waals surface area contributed by atoms with Gasteiger partial charge in [-0.15, -0.1) is 0 Å². The van der Waals surface area contributed by atoms with Crippen molar-refractivity contribution in [3.63, 3.8) is 0 Å². The van der Waals surface area contributed by atoms with E-state index in [2.05, 4.69) is 0 Å². The molecule has 0 bridgehead atoms. The Labute approximate surface area is 118 Å². The van der Waals surface area contributed by atoms with E-state index >= 15 is 0 Å². The van der Waals surface area contributed by atoms with Gasteiger partial charge in [0.2, 0.25) is 0 Å². The van der Waals surface area contributed by atoms with Crippen LogP contribution >= 0.6 is 0 Å². The number of anilines is 1.